The van der Waals surface area contributed by atoms with Crippen molar-refractivity contribution in [3.63, 3.8) is 0 Å². The van der Waals surface area contributed by atoms with Crippen molar-refractivity contribution in [2.75, 3.05) is 0 Å². The third-order valence-corrected chi connectivity index (χ3v) is 3.90. The van der Waals surface area contributed by atoms with Gasteiger partial charge in [0.15, 0.2) is 0 Å². The van der Waals surface area contributed by atoms with E-state index in [-0.39, 0.29) is 38.6 Å². The first-order valence-corrected chi connectivity index (χ1v) is 7.33. The average molecular weight is 360 g/mol. The van der Waals surface area contributed by atoms with Crippen molar-refractivity contribution in [2.45, 2.75) is 19.8 Å². The Morgan fingerprint density at radius 2 is 0.955 bits per heavy atom. The SMILES string of the molecule is Cc1ccc(C(c2cc[c-]cc2)c2ccc(C)cc2)cc1.[Y]. The van der Waals surface area contributed by atoms with Gasteiger partial charge >= 0.3 is 0 Å². The van der Waals surface area contributed by atoms with E-state index in [4.69, 9.17) is 0 Å². The fraction of sp³-hybridized carbons (Fsp3) is 0.143. The Labute approximate surface area is 158 Å². The molecule has 0 N–H and O–H groups in total. The molecule has 0 spiro atoms. The molecule has 0 amide bonds. The predicted molar refractivity (Wildman–Crippen MR) is 88.6 cm³/mol. The molecular weight excluding hydrogens is 341 g/mol. The molecule has 3 aromatic carbocycles. The fourth-order valence-electron chi connectivity index (χ4n) is 2.69. The van der Waals surface area contributed by atoms with Gasteiger partial charge in [0.2, 0.25) is 0 Å². The van der Waals surface area contributed by atoms with E-state index >= 15 is 0 Å². The van der Waals surface area contributed by atoms with E-state index < -0.39 is 0 Å². The minimum atomic E-state index is 0. The maximum Gasteiger partial charge on any atom is 0.0118 e. The maximum absolute atomic E-state index is 3.11. The third-order valence-electron chi connectivity index (χ3n) is 3.90. The van der Waals surface area contributed by atoms with Gasteiger partial charge in [0.05, 0.1) is 0 Å². The van der Waals surface area contributed by atoms with Crippen LogP contribution < -0.4 is 0 Å². The summed E-state index contributed by atoms with van der Waals surface area (Å²) in [7, 11) is 0. The molecule has 0 aromatic heterocycles. The van der Waals surface area contributed by atoms with Crippen LogP contribution in [0, 0.1) is 19.9 Å². The second-order valence-electron chi connectivity index (χ2n) is 5.59. The van der Waals surface area contributed by atoms with Crippen molar-refractivity contribution in [1.29, 1.82) is 0 Å². The molecule has 3 rings (SSSR count). The summed E-state index contributed by atoms with van der Waals surface area (Å²) in [6.45, 7) is 4.25. The minimum absolute atomic E-state index is 0. The Kier molecular flexibility index (Phi) is 6.11. The van der Waals surface area contributed by atoms with Crippen LogP contribution in [0.3, 0.4) is 0 Å². The molecule has 0 aliphatic carbocycles. The van der Waals surface area contributed by atoms with E-state index in [1.165, 1.54) is 27.8 Å². The molecule has 107 valence electrons. The molecule has 0 atom stereocenters. The van der Waals surface area contributed by atoms with E-state index in [1.807, 2.05) is 12.1 Å². The molecule has 1 heteroatoms. The number of benzene rings is 3. The Bertz CT molecular complexity index is 652. The van der Waals surface area contributed by atoms with E-state index in [0.29, 0.717) is 0 Å². The molecule has 0 fully saturated rings. The van der Waals surface area contributed by atoms with Crippen molar-refractivity contribution < 1.29 is 32.7 Å². The molecule has 1 radical (unpaired) electrons. The molecule has 0 aliphatic rings. The zero-order chi connectivity index (χ0) is 14.7. The summed E-state index contributed by atoms with van der Waals surface area (Å²) in [4.78, 5) is 0. The Hall–Kier alpha value is -1.24. The average Bonchev–Trinajstić information content (AvgIpc) is 2.52. The van der Waals surface area contributed by atoms with Gasteiger partial charge in [0.25, 0.3) is 0 Å². The molecule has 0 saturated carbocycles. The van der Waals surface area contributed by atoms with E-state index in [0.717, 1.165) is 0 Å². The Balaban J connectivity index is 0.00000176. The Morgan fingerprint density at radius 1 is 0.591 bits per heavy atom. The van der Waals surface area contributed by atoms with Crippen LogP contribution in [0.5, 0.6) is 0 Å². The largest absolute Gasteiger partial charge is 0.184 e. The summed E-state index contributed by atoms with van der Waals surface area (Å²) in [6, 6.07) is 29.1. The van der Waals surface area contributed by atoms with Crippen LogP contribution in [0.15, 0.2) is 72.8 Å². The standard InChI is InChI=1S/C21H19.Y/c1-16-8-12-19(13-9-16)21(18-6-4-3-5-7-18)20-14-10-17(2)11-15-20;/h4-15,21H,1-2H3;/q-1;. The van der Waals surface area contributed by atoms with Gasteiger partial charge in [0.1, 0.15) is 0 Å². The zero-order valence-corrected chi connectivity index (χ0v) is 15.9. The summed E-state index contributed by atoms with van der Waals surface area (Å²) in [5.41, 5.74) is 6.55. The maximum atomic E-state index is 3.11. The van der Waals surface area contributed by atoms with Crippen LogP contribution in [-0.4, -0.2) is 0 Å². The second kappa shape index (κ2) is 7.85. The van der Waals surface area contributed by atoms with Gasteiger partial charge in [-0.1, -0.05) is 59.7 Å². The van der Waals surface area contributed by atoms with Gasteiger partial charge in [-0.3, -0.25) is 0 Å². The van der Waals surface area contributed by atoms with Gasteiger partial charge in [0, 0.05) is 38.6 Å². The van der Waals surface area contributed by atoms with Gasteiger partial charge < -0.3 is 0 Å². The molecule has 0 saturated heterocycles. The van der Waals surface area contributed by atoms with E-state index in [9.17, 15) is 0 Å². The number of rotatable bonds is 3. The van der Waals surface area contributed by atoms with Gasteiger partial charge in [-0.25, -0.2) is 0 Å². The molecule has 22 heavy (non-hydrogen) atoms. The van der Waals surface area contributed by atoms with E-state index in [1.54, 1.807) is 0 Å². The van der Waals surface area contributed by atoms with Crippen LogP contribution in [0.4, 0.5) is 0 Å². The molecule has 0 unspecified atom stereocenters. The molecule has 3 aromatic rings. The summed E-state index contributed by atoms with van der Waals surface area (Å²) in [5, 5.41) is 0. The van der Waals surface area contributed by atoms with Crippen LogP contribution >= 0.6 is 0 Å². The second-order valence-corrected chi connectivity index (χ2v) is 5.59. The first-order chi connectivity index (χ1) is 10.2. The minimum Gasteiger partial charge on any atom is -0.184 e. The van der Waals surface area contributed by atoms with Crippen LogP contribution in [-0.2, 0) is 32.7 Å². The molecule has 0 bridgehead atoms. The molecule has 0 heterocycles. The Morgan fingerprint density at radius 3 is 1.36 bits per heavy atom. The summed E-state index contributed by atoms with van der Waals surface area (Å²) < 4.78 is 0. The normalized spacial score (nSPS) is 10.3. The smallest absolute Gasteiger partial charge is 0.0118 e. The van der Waals surface area contributed by atoms with Crippen LogP contribution in [0.1, 0.15) is 33.7 Å². The van der Waals surface area contributed by atoms with E-state index in [2.05, 4.69) is 80.6 Å². The monoisotopic (exact) mass is 360 g/mol. The van der Waals surface area contributed by atoms with Gasteiger partial charge in [-0.05, 0) is 25.0 Å². The number of hydrogen-bond acceptors (Lipinski definition) is 0. The zero-order valence-electron chi connectivity index (χ0n) is 13.1. The van der Waals surface area contributed by atoms with Gasteiger partial charge in [-0.15, -0.1) is 5.56 Å². The van der Waals surface area contributed by atoms with Crippen molar-refractivity contribution in [2.24, 2.45) is 0 Å². The molecule has 0 aliphatic heterocycles. The van der Waals surface area contributed by atoms with Crippen molar-refractivity contribution in [3.05, 3.63) is 107 Å². The molecular formula is C21H19Y-. The summed E-state index contributed by atoms with van der Waals surface area (Å²) in [5.74, 6) is 0.279. The first kappa shape index (κ1) is 17.1. The number of hydrogen-bond donors (Lipinski definition) is 0. The first-order valence-electron chi connectivity index (χ1n) is 7.33. The topological polar surface area (TPSA) is 0 Å². The third kappa shape index (κ3) is 3.94. The van der Waals surface area contributed by atoms with Crippen LogP contribution in [0.2, 0.25) is 0 Å². The predicted octanol–water partition coefficient (Wildman–Crippen LogP) is 5.28. The van der Waals surface area contributed by atoms with Gasteiger partial charge in [-0.2, -0.15) is 30.3 Å². The quantitative estimate of drug-likeness (QED) is 0.440. The fourth-order valence-corrected chi connectivity index (χ4v) is 2.69. The van der Waals surface area contributed by atoms with Crippen molar-refractivity contribution in [1.82, 2.24) is 0 Å². The van der Waals surface area contributed by atoms with Crippen LogP contribution in [0.25, 0.3) is 0 Å². The summed E-state index contributed by atoms with van der Waals surface area (Å²) in [6.07, 6.45) is 0. The van der Waals surface area contributed by atoms with Crippen molar-refractivity contribution >= 4 is 0 Å². The number of aryl methyl sites for hydroxylation is 2. The van der Waals surface area contributed by atoms with Crippen molar-refractivity contribution in [3.8, 4) is 0 Å². The molecule has 0 nitrogen and oxygen atoms in total. The summed E-state index contributed by atoms with van der Waals surface area (Å²) >= 11 is 0.